The Kier molecular flexibility index (Phi) is 14.1. The fourth-order valence-electron chi connectivity index (χ4n) is 8.78. The Bertz CT molecular complexity index is 3220. The molecule has 0 N–H and O–H groups in total. The zero-order chi connectivity index (χ0) is 45.4. The Morgan fingerprint density at radius 3 is 1.41 bits per heavy atom. The van der Waals surface area contributed by atoms with Gasteiger partial charge in [-0.2, -0.15) is 5.26 Å². The van der Waals surface area contributed by atoms with E-state index in [1.54, 1.807) is 0 Å². The minimum Gasteiger partial charge on any atom is -0.305 e. The first-order valence-electron chi connectivity index (χ1n) is 22.7. The zero-order valence-corrected chi connectivity index (χ0v) is 40.0. The summed E-state index contributed by atoms with van der Waals surface area (Å²) in [6, 6.07) is 78.7. The van der Waals surface area contributed by atoms with E-state index in [0.717, 1.165) is 104 Å². The average molecular weight is 1050 g/mol. The molecule has 0 amide bonds. The largest absolute Gasteiger partial charge is 3.00 e. The van der Waals surface area contributed by atoms with E-state index in [4.69, 9.17) is 4.98 Å². The van der Waals surface area contributed by atoms with Crippen LogP contribution < -0.4 is 0 Å². The van der Waals surface area contributed by atoms with Gasteiger partial charge in [-0.1, -0.05) is 145 Å². The molecule has 5 heteroatoms. The second kappa shape index (κ2) is 21.2. The minimum atomic E-state index is 0. The van der Waals surface area contributed by atoms with Crippen LogP contribution in [0.3, 0.4) is 0 Å². The molecule has 0 bridgehead atoms. The van der Waals surface area contributed by atoms with Crippen molar-refractivity contribution in [2.45, 2.75) is 32.6 Å². The summed E-state index contributed by atoms with van der Waals surface area (Å²) < 4.78 is 0. The molecule has 4 nitrogen and oxygen atoms in total. The average Bonchev–Trinajstić information content (AvgIpc) is 3.40. The van der Waals surface area contributed by atoms with E-state index in [-0.39, 0.29) is 20.1 Å². The molecule has 0 unspecified atom stereocenters. The monoisotopic (exact) mass is 1050 g/mol. The van der Waals surface area contributed by atoms with Crippen LogP contribution >= 0.6 is 0 Å². The van der Waals surface area contributed by atoms with Crippen molar-refractivity contribution in [2.24, 2.45) is 0 Å². The SMILES string of the molecule is Cc1cc(-c2ccc(-c3cc(-c4ccccn4)[c-]cc3-c3ccccc3-c3cc(CCc4c[c-]c(-c5ccccn5)cc4)cc(CCc4c[c-]c(-c5ccccn5)cc4)c3)cc2)ccc1C#N.[Ir+3]. The topological polar surface area (TPSA) is 62.5 Å². The smallest absolute Gasteiger partial charge is 0.305 e. The van der Waals surface area contributed by atoms with Crippen molar-refractivity contribution in [3.63, 3.8) is 0 Å². The van der Waals surface area contributed by atoms with Gasteiger partial charge in [-0.15, -0.1) is 94.5 Å². The zero-order valence-electron chi connectivity index (χ0n) is 37.6. The van der Waals surface area contributed by atoms with Gasteiger partial charge in [-0.25, -0.2) is 0 Å². The third-order valence-electron chi connectivity index (χ3n) is 12.4. The summed E-state index contributed by atoms with van der Waals surface area (Å²) in [5.74, 6) is 0. The van der Waals surface area contributed by atoms with E-state index >= 15 is 0 Å². The molecule has 10 aromatic rings. The van der Waals surface area contributed by atoms with Gasteiger partial charge in [0.25, 0.3) is 0 Å². The molecule has 0 aliphatic heterocycles. The summed E-state index contributed by atoms with van der Waals surface area (Å²) in [5.41, 5.74) is 21.3. The van der Waals surface area contributed by atoms with Crippen LogP contribution in [-0.4, -0.2) is 15.0 Å². The molecule has 68 heavy (non-hydrogen) atoms. The Hall–Kier alpha value is -7.87. The van der Waals surface area contributed by atoms with Gasteiger partial charge in [0.1, 0.15) is 0 Å². The van der Waals surface area contributed by atoms with Crippen LogP contribution in [-0.2, 0) is 45.8 Å². The second-order valence-corrected chi connectivity index (χ2v) is 16.8. The van der Waals surface area contributed by atoms with E-state index in [1.165, 1.54) is 27.8 Å². The second-order valence-electron chi connectivity index (χ2n) is 16.8. The van der Waals surface area contributed by atoms with E-state index < -0.39 is 0 Å². The number of nitrogens with zero attached hydrogens (tertiary/aromatic N) is 4. The van der Waals surface area contributed by atoms with Crippen LogP contribution in [0.2, 0.25) is 0 Å². The van der Waals surface area contributed by atoms with E-state index in [1.807, 2.05) is 92.2 Å². The van der Waals surface area contributed by atoms with Gasteiger partial charge in [0.05, 0.1) is 11.6 Å². The Morgan fingerprint density at radius 2 is 0.897 bits per heavy atom. The number of benzene rings is 7. The van der Waals surface area contributed by atoms with Crippen LogP contribution in [0, 0.1) is 36.5 Å². The predicted molar refractivity (Wildman–Crippen MR) is 272 cm³/mol. The third kappa shape index (κ3) is 10.4. The molecular formula is C63H45IrN4. The van der Waals surface area contributed by atoms with Crippen molar-refractivity contribution in [3.8, 4) is 84.3 Å². The molecule has 0 spiro atoms. The minimum absolute atomic E-state index is 0. The van der Waals surface area contributed by atoms with Gasteiger partial charge in [0.2, 0.25) is 0 Å². The van der Waals surface area contributed by atoms with E-state index in [2.05, 4.69) is 156 Å². The molecule has 0 atom stereocenters. The molecule has 0 saturated heterocycles. The van der Waals surface area contributed by atoms with Gasteiger partial charge < -0.3 is 15.0 Å². The Morgan fingerprint density at radius 1 is 0.397 bits per heavy atom. The number of aryl methyl sites for hydroxylation is 5. The summed E-state index contributed by atoms with van der Waals surface area (Å²) in [7, 11) is 0. The van der Waals surface area contributed by atoms with Gasteiger partial charge >= 0.3 is 20.1 Å². The molecule has 3 aromatic heterocycles. The van der Waals surface area contributed by atoms with Crippen LogP contribution in [0.25, 0.3) is 78.3 Å². The molecule has 10 rings (SSSR count). The maximum Gasteiger partial charge on any atom is 3.00 e. The molecule has 0 aliphatic carbocycles. The summed E-state index contributed by atoms with van der Waals surface area (Å²) >= 11 is 0. The molecular weight excluding hydrogens is 1000 g/mol. The fraction of sp³-hybridized carbons (Fsp3) is 0.0794. The van der Waals surface area contributed by atoms with Crippen molar-refractivity contribution in [3.05, 3.63) is 258 Å². The molecule has 3 heterocycles. The van der Waals surface area contributed by atoms with Crippen molar-refractivity contribution < 1.29 is 20.1 Å². The first kappa shape index (κ1) is 45.3. The summed E-state index contributed by atoms with van der Waals surface area (Å²) in [4.78, 5) is 13.7. The van der Waals surface area contributed by atoms with E-state index in [9.17, 15) is 5.26 Å². The quantitative estimate of drug-likeness (QED) is 0.108. The number of aromatic nitrogens is 3. The third-order valence-corrected chi connectivity index (χ3v) is 12.4. The van der Waals surface area contributed by atoms with Crippen molar-refractivity contribution in [1.82, 2.24) is 15.0 Å². The van der Waals surface area contributed by atoms with Crippen LogP contribution in [0.5, 0.6) is 0 Å². The van der Waals surface area contributed by atoms with Gasteiger partial charge in [-0.05, 0) is 106 Å². The van der Waals surface area contributed by atoms with Crippen molar-refractivity contribution >= 4 is 0 Å². The van der Waals surface area contributed by atoms with Gasteiger partial charge in [0, 0.05) is 18.6 Å². The molecule has 0 radical (unpaired) electrons. The standard InChI is InChI=1S/C63H45N4.Ir/c1-44-38-53(31-32-55(44)43-64)49-27-29-50(30-28-49)60-42-54(63-14-6-9-37-67-63)33-34-59(60)58-11-3-2-10-57(58)56-40-47(17-15-45-19-23-51(24-20-45)61-12-4-7-35-65-61)39-48(41-56)18-16-46-21-25-52(26-22-46)62-13-5-8-36-66-62;/h2-14,19-23,25,27-32,34-42H,15-18H2,1H3;/q-3;+3. The fourth-order valence-corrected chi connectivity index (χ4v) is 8.78. The summed E-state index contributed by atoms with van der Waals surface area (Å²) in [5, 5.41) is 9.53. The first-order chi connectivity index (χ1) is 33.0. The van der Waals surface area contributed by atoms with Crippen LogP contribution in [0.1, 0.15) is 33.4 Å². The number of pyridine rings is 3. The molecule has 0 fully saturated rings. The molecule has 326 valence electrons. The normalized spacial score (nSPS) is 10.8. The van der Waals surface area contributed by atoms with Crippen molar-refractivity contribution in [1.29, 1.82) is 5.26 Å². The molecule has 0 saturated carbocycles. The van der Waals surface area contributed by atoms with Crippen molar-refractivity contribution in [2.75, 3.05) is 0 Å². The number of hydrogen-bond acceptors (Lipinski definition) is 4. The molecule has 0 aliphatic rings. The first-order valence-corrected chi connectivity index (χ1v) is 22.7. The van der Waals surface area contributed by atoms with Gasteiger partial charge in [-0.3, -0.25) is 0 Å². The van der Waals surface area contributed by atoms with Crippen LogP contribution in [0.4, 0.5) is 0 Å². The van der Waals surface area contributed by atoms with E-state index in [0.29, 0.717) is 5.56 Å². The summed E-state index contributed by atoms with van der Waals surface area (Å²) in [6.07, 6.45) is 9.02. The predicted octanol–water partition coefficient (Wildman–Crippen LogP) is 14.7. The van der Waals surface area contributed by atoms with Crippen LogP contribution in [0.15, 0.2) is 207 Å². The number of rotatable bonds is 13. The van der Waals surface area contributed by atoms with Gasteiger partial charge in [0.15, 0.2) is 0 Å². The maximum atomic E-state index is 9.53. The number of nitriles is 1. The maximum absolute atomic E-state index is 9.53. The Labute approximate surface area is 413 Å². The summed E-state index contributed by atoms with van der Waals surface area (Å²) in [6.45, 7) is 1.99. The number of hydrogen-bond donors (Lipinski definition) is 0. The Balaban J connectivity index is 0.00000578. The molecule has 7 aromatic carbocycles.